The molecule has 0 aromatic heterocycles. The van der Waals surface area contributed by atoms with E-state index >= 15 is 0 Å². The molecule has 0 spiro atoms. The minimum Gasteiger partial charge on any atom is -0.387 e. The van der Waals surface area contributed by atoms with Gasteiger partial charge in [-0.15, -0.1) is 0 Å². The van der Waals surface area contributed by atoms with Crippen molar-refractivity contribution in [3.63, 3.8) is 0 Å². The summed E-state index contributed by atoms with van der Waals surface area (Å²) < 4.78 is 26.0. The minimum absolute atomic E-state index is 0.293. The van der Waals surface area contributed by atoms with Crippen LogP contribution in [0.2, 0.25) is 0 Å². The Morgan fingerprint density at radius 3 is 2.35 bits per heavy atom. The molecule has 1 aliphatic heterocycles. The van der Waals surface area contributed by atoms with Gasteiger partial charge < -0.3 is 10.4 Å². The topological polar surface area (TPSA) is 35.5 Å². The van der Waals surface area contributed by atoms with E-state index < -0.39 is 17.7 Å². The van der Waals surface area contributed by atoms with Crippen LogP contribution in [-0.2, 0) is 0 Å². The molecule has 1 aromatic rings. The van der Waals surface area contributed by atoms with Gasteiger partial charge in [0.15, 0.2) is 0 Å². The van der Waals surface area contributed by atoms with Crippen LogP contribution in [0.15, 0.2) is 18.2 Å². The van der Waals surface area contributed by atoms with Crippen molar-refractivity contribution in [2.75, 3.05) is 32.7 Å². The van der Waals surface area contributed by atoms with E-state index in [1.807, 2.05) is 0 Å². The number of hydrogen-bond acceptors (Lipinski definition) is 3. The number of piperazine rings is 1. The van der Waals surface area contributed by atoms with Gasteiger partial charge in [0.25, 0.3) is 0 Å². The Kier molecular flexibility index (Phi) is 4.04. The molecule has 94 valence electrons. The zero-order valence-electron chi connectivity index (χ0n) is 9.50. The summed E-state index contributed by atoms with van der Waals surface area (Å²) in [6, 6.07) is 3.16. The molecule has 1 aromatic carbocycles. The Balaban J connectivity index is 2.00. The zero-order chi connectivity index (χ0) is 12.3. The molecule has 17 heavy (non-hydrogen) atoms. The Hall–Kier alpha value is -1.04. The summed E-state index contributed by atoms with van der Waals surface area (Å²) in [5.74, 6) is -1.31. The molecule has 1 heterocycles. The Morgan fingerprint density at radius 2 is 1.76 bits per heavy atom. The average molecular weight is 242 g/mol. The van der Waals surface area contributed by atoms with E-state index in [1.165, 1.54) is 12.1 Å². The second kappa shape index (κ2) is 5.53. The highest BCUT2D eigenvalue weighted by Crippen LogP contribution is 2.17. The lowest BCUT2D eigenvalue weighted by Gasteiger charge is -2.29. The van der Waals surface area contributed by atoms with Gasteiger partial charge >= 0.3 is 0 Å². The lowest BCUT2D eigenvalue weighted by atomic mass is 10.1. The summed E-state index contributed by atoms with van der Waals surface area (Å²) in [6.45, 7) is 3.85. The van der Waals surface area contributed by atoms with Crippen molar-refractivity contribution in [3.05, 3.63) is 35.4 Å². The van der Waals surface area contributed by atoms with E-state index in [0.29, 0.717) is 12.1 Å². The highest BCUT2D eigenvalue weighted by molar-refractivity contribution is 5.20. The predicted octanol–water partition coefficient (Wildman–Crippen LogP) is 0.903. The normalized spacial score (nSPS) is 19.2. The predicted molar refractivity (Wildman–Crippen MR) is 60.6 cm³/mol. The van der Waals surface area contributed by atoms with E-state index in [1.54, 1.807) is 0 Å². The highest BCUT2D eigenvalue weighted by atomic mass is 19.1. The van der Waals surface area contributed by atoms with Crippen molar-refractivity contribution >= 4 is 0 Å². The molecule has 5 heteroatoms. The molecule has 1 atom stereocenters. The summed E-state index contributed by atoms with van der Waals surface area (Å²) in [7, 11) is 0. The van der Waals surface area contributed by atoms with Gasteiger partial charge in [-0.3, -0.25) is 4.90 Å². The number of nitrogens with one attached hydrogen (secondary N) is 1. The molecule has 2 N–H and O–H groups in total. The van der Waals surface area contributed by atoms with E-state index in [4.69, 9.17) is 0 Å². The molecule has 0 bridgehead atoms. The first kappa shape index (κ1) is 12.4. The van der Waals surface area contributed by atoms with Crippen LogP contribution in [0, 0.1) is 11.6 Å². The molecule has 1 aliphatic rings. The van der Waals surface area contributed by atoms with Gasteiger partial charge in [0.1, 0.15) is 11.6 Å². The molecule has 0 saturated carbocycles. The van der Waals surface area contributed by atoms with E-state index in [2.05, 4.69) is 10.2 Å². The number of aliphatic hydroxyl groups is 1. The van der Waals surface area contributed by atoms with Crippen LogP contribution in [0.25, 0.3) is 0 Å². The number of hydrogen-bond donors (Lipinski definition) is 2. The third-order valence-electron chi connectivity index (χ3n) is 2.91. The maximum atomic E-state index is 13.0. The molecule has 0 amide bonds. The molecule has 3 nitrogen and oxygen atoms in total. The lowest BCUT2D eigenvalue weighted by molar-refractivity contribution is 0.105. The average Bonchev–Trinajstić information content (AvgIpc) is 2.29. The number of halogens is 2. The largest absolute Gasteiger partial charge is 0.387 e. The van der Waals surface area contributed by atoms with Crippen LogP contribution in [0.3, 0.4) is 0 Å². The summed E-state index contributed by atoms with van der Waals surface area (Å²) in [5.41, 5.74) is 0.293. The third-order valence-corrected chi connectivity index (χ3v) is 2.91. The lowest BCUT2D eigenvalue weighted by Crippen LogP contribution is -2.44. The molecule has 1 fully saturated rings. The van der Waals surface area contributed by atoms with Gasteiger partial charge in [0.2, 0.25) is 0 Å². The van der Waals surface area contributed by atoms with E-state index in [0.717, 1.165) is 32.2 Å². The van der Waals surface area contributed by atoms with Gasteiger partial charge in [0, 0.05) is 38.8 Å². The van der Waals surface area contributed by atoms with Gasteiger partial charge in [0.05, 0.1) is 6.10 Å². The van der Waals surface area contributed by atoms with Crippen LogP contribution in [-0.4, -0.2) is 42.7 Å². The first-order chi connectivity index (χ1) is 8.15. The van der Waals surface area contributed by atoms with Gasteiger partial charge in [-0.05, 0) is 17.7 Å². The monoisotopic (exact) mass is 242 g/mol. The molecule has 2 rings (SSSR count). The molecule has 0 radical (unpaired) electrons. The van der Waals surface area contributed by atoms with Crippen LogP contribution >= 0.6 is 0 Å². The fraction of sp³-hybridized carbons (Fsp3) is 0.500. The minimum atomic E-state index is -0.849. The standard InChI is InChI=1S/C12H16F2N2O/c13-10-5-9(6-11(14)7-10)12(17)8-16-3-1-15-2-4-16/h5-7,12,15,17H,1-4,8H2. The Morgan fingerprint density at radius 1 is 1.18 bits per heavy atom. The molecular formula is C12H16F2N2O. The van der Waals surface area contributed by atoms with Crippen molar-refractivity contribution in [2.24, 2.45) is 0 Å². The number of benzene rings is 1. The first-order valence-corrected chi connectivity index (χ1v) is 5.72. The quantitative estimate of drug-likeness (QED) is 0.826. The second-order valence-electron chi connectivity index (χ2n) is 4.27. The van der Waals surface area contributed by atoms with Gasteiger partial charge in [-0.1, -0.05) is 0 Å². The Labute approximate surface area is 99.1 Å². The number of rotatable bonds is 3. The fourth-order valence-electron chi connectivity index (χ4n) is 2.01. The second-order valence-corrected chi connectivity index (χ2v) is 4.27. The number of aliphatic hydroxyl groups excluding tert-OH is 1. The van der Waals surface area contributed by atoms with Crippen molar-refractivity contribution in [1.29, 1.82) is 0 Å². The molecule has 0 aliphatic carbocycles. The summed E-state index contributed by atoms with van der Waals surface area (Å²) >= 11 is 0. The Bertz CT molecular complexity index is 361. The molecule has 1 unspecified atom stereocenters. The fourth-order valence-corrected chi connectivity index (χ4v) is 2.01. The van der Waals surface area contributed by atoms with Gasteiger partial charge in [-0.25, -0.2) is 8.78 Å². The first-order valence-electron chi connectivity index (χ1n) is 5.72. The summed E-state index contributed by atoms with van der Waals surface area (Å²) in [4.78, 5) is 2.07. The van der Waals surface area contributed by atoms with Gasteiger partial charge in [-0.2, -0.15) is 0 Å². The smallest absolute Gasteiger partial charge is 0.126 e. The maximum Gasteiger partial charge on any atom is 0.126 e. The third kappa shape index (κ3) is 3.46. The number of nitrogens with zero attached hydrogens (tertiary/aromatic N) is 1. The number of β-amino-alcohol motifs (C(OH)–C–C–N with tert-alkyl or cyclic N) is 1. The summed E-state index contributed by atoms with van der Waals surface area (Å²) in [6.07, 6.45) is -0.849. The van der Waals surface area contributed by atoms with Crippen LogP contribution < -0.4 is 5.32 Å². The molecular weight excluding hydrogens is 226 g/mol. The van der Waals surface area contributed by atoms with Crippen LogP contribution in [0.1, 0.15) is 11.7 Å². The SMILES string of the molecule is OC(CN1CCNCC1)c1cc(F)cc(F)c1. The molecule has 1 saturated heterocycles. The van der Waals surface area contributed by atoms with Crippen molar-refractivity contribution in [3.8, 4) is 0 Å². The van der Waals surface area contributed by atoms with Crippen molar-refractivity contribution < 1.29 is 13.9 Å². The maximum absolute atomic E-state index is 13.0. The van der Waals surface area contributed by atoms with E-state index in [9.17, 15) is 13.9 Å². The van der Waals surface area contributed by atoms with Crippen molar-refractivity contribution in [2.45, 2.75) is 6.10 Å². The van der Waals surface area contributed by atoms with Crippen LogP contribution in [0.5, 0.6) is 0 Å². The highest BCUT2D eigenvalue weighted by Gasteiger charge is 2.16. The summed E-state index contributed by atoms with van der Waals surface area (Å²) in [5, 5.41) is 13.1. The van der Waals surface area contributed by atoms with E-state index in [-0.39, 0.29) is 0 Å². The van der Waals surface area contributed by atoms with Crippen LogP contribution in [0.4, 0.5) is 8.78 Å². The zero-order valence-corrected chi connectivity index (χ0v) is 9.50. The van der Waals surface area contributed by atoms with Crippen molar-refractivity contribution in [1.82, 2.24) is 10.2 Å².